The molecule has 0 bridgehead atoms. The molecule has 0 unspecified atom stereocenters. The molecule has 1 N–H and O–H groups in total. The lowest BCUT2D eigenvalue weighted by molar-refractivity contribution is 0.122. The zero-order valence-electron chi connectivity index (χ0n) is 15.8. The van der Waals surface area contributed by atoms with Gasteiger partial charge in [0.1, 0.15) is 17.0 Å². The summed E-state index contributed by atoms with van der Waals surface area (Å²) in [5.41, 5.74) is 2.22. The molecule has 1 saturated heterocycles. The quantitative estimate of drug-likeness (QED) is 0.741. The first-order valence-electron chi connectivity index (χ1n) is 9.61. The highest BCUT2D eigenvalue weighted by molar-refractivity contribution is 5.91. The number of anilines is 2. The Hall–Kier alpha value is -3.00. The summed E-state index contributed by atoms with van der Waals surface area (Å²) >= 11 is 0. The standard InChI is InChI=1S/C20H22N6O2/c1-25-12-22-16-10-15(24-19(18(16)20(25)27)23-14-3-4-14)13-2-5-17(21-11-13)26-6-8-28-9-7-26/h2,5,10-12,14H,3-4,6-9H2,1H3,(H,23,24). The summed E-state index contributed by atoms with van der Waals surface area (Å²) in [5, 5.41) is 3.93. The molecule has 2 aliphatic rings. The Labute approximate surface area is 162 Å². The van der Waals surface area contributed by atoms with Crippen molar-refractivity contribution in [2.75, 3.05) is 36.5 Å². The van der Waals surface area contributed by atoms with Crippen molar-refractivity contribution in [1.82, 2.24) is 19.5 Å². The van der Waals surface area contributed by atoms with E-state index in [1.165, 1.54) is 4.57 Å². The Morgan fingerprint density at radius 3 is 2.71 bits per heavy atom. The molecule has 3 aromatic rings. The van der Waals surface area contributed by atoms with Gasteiger partial charge in [-0.05, 0) is 31.0 Å². The number of nitrogens with one attached hydrogen (secondary N) is 1. The average molecular weight is 378 g/mol. The minimum Gasteiger partial charge on any atom is -0.378 e. The third kappa shape index (κ3) is 3.20. The lowest BCUT2D eigenvalue weighted by Gasteiger charge is -2.27. The van der Waals surface area contributed by atoms with Gasteiger partial charge in [0, 0.05) is 37.9 Å². The molecule has 0 atom stereocenters. The Morgan fingerprint density at radius 2 is 2.00 bits per heavy atom. The maximum absolute atomic E-state index is 12.6. The summed E-state index contributed by atoms with van der Waals surface area (Å²) < 4.78 is 6.89. The van der Waals surface area contributed by atoms with Gasteiger partial charge in [-0.15, -0.1) is 0 Å². The SMILES string of the molecule is Cn1cnc2cc(-c3ccc(N4CCOCC4)nc3)nc(NC3CC3)c2c1=O. The number of fused-ring (bicyclic) bond motifs is 1. The van der Waals surface area contributed by atoms with Gasteiger partial charge in [-0.2, -0.15) is 0 Å². The molecule has 1 saturated carbocycles. The van der Waals surface area contributed by atoms with Crippen molar-refractivity contribution in [3.05, 3.63) is 41.1 Å². The first-order valence-corrected chi connectivity index (χ1v) is 9.61. The second-order valence-corrected chi connectivity index (χ2v) is 7.33. The Balaban J connectivity index is 1.55. The third-order valence-electron chi connectivity index (χ3n) is 5.20. The van der Waals surface area contributed by atoms with Crippen LogP contribution in [-0.4, -0.2) is 51.9 Å². The van der Waals surface area contributed by atoms with Crippen LogP contribution in [0.4, 0.5) is 11.6 Å². The fourth-order valence-electron chi connectivity index (χ4n) is 3.41. The molecule has 8 heteroatoms. The molecule has 0 spiro atoms. The molecule has 2 fully saturated rings. The van der Waals surface area contributed by atoms with Crippen LogP contribution in [0.25, 0.3) is 22.2 Å². The largest absolute Gasteiger partial charge is 0.378 e. The van der Waals surface area contributed by atoms with Gasteiger partial charge in [-0.1, -0.05) is 0 Å². The van der Waals surface area contributed by atoms with Gasteiger partial charge in [0.2, 0.25) is 0 Å². The molecule has 3 aromatic heterocycles. The minimum absolute atomic E-state index is 0.0898. The lowest BCUT2D eigenvalue weighted by Crippen LogP contribution is -2.36. The van der Waals surface area contributed by atoms with Crippen molar-refractivity contribution in [3.63, 3.8) is 0 Å². The molecule has 0 aromatic carbocycles. The Bertz CT molecular complexity index is 1070. The summed E-state index contributed by atoms with van der Waals surface area (Å²) in [4.78, 5) is 28.7. The topological polar surface area (TPSA) is 85.2 Å². The summed E-state index contributed by atoms with van der Waals surface area (Å²) in [6, 6.07) is 6.28. The van der Waals surface area contributed by atoms with Crippen molar-refractivity contribution in [1.29, 1.82) is 0 Å². The molecule has 8 nitrogen and oxygen atoms in total. The second-order valence-electron chi connectivity index (χ2n) is 7.33. The van der Waals surface area contributed by atoms with Gasteiger partial charge in [0.05, 0.1) is 30.8 Å². The van der Waals surface area contributed by atoms with E-state index in [1.807, 2.05) is 24.4 Å². The number of rotatable bonds is 4. The van der Waals surface area contributed by atoms with Gasteiger partial charge in [0.15, 0.2) is 0 Å². The highest BCUT2D eigenvalue weighted by atomic mass is 16.5. The van der Waals surface area contributed by atoms with Crippen LogP contribution in [0, 0.1) is 0 Å². The maximum atomic E-state index is 12.6. The second kappa shape index (κ2) is 6.87. The summed E-state index contributed by atoms with van der Waals surface area (Å²) in [7, 11) is 1.71. The number of nitrogens with zero attached hydrogens (tertiary/aromatic N) is 5. The zero-order valence-corrected chi connectivity index (χ0v) is 15.8. The summed E-state index contributed by atoms with van der Waals surface area (Å²) in [6.07, 6.45) is 5.59. The van der Waals surface area contributed by atoms with Crippen LogP contribution in [0.5, 0.6) is 0 Å². The molecule has 0 amide bonds. The molecule has 144 valence electrons. The Kier molecular flexibility index (Phi) is 4.20. The normalized spacial score (nSPS) is 17.1. The van der Waals surface area contributed by atoms with E-state index in [4.69, 9.17) is 9.72 Å². The van der Waals surface area contributed by atoms with Gasteiger partial charge >= 0.3 is 0 Å². The molecule has 4 heterocycles. The van der Waals surface area contributed by atoms with Gasteiger partial charge < -0.3 is 19.5 Å². The number of aromatic nitrogens is 4. The van der Waals surface area contributed by atoms with E-state index in [-0.39, 0.29) is 5.56 Å². The zero-order chi connectivity index (χ0) is 19.1. The summed E-state index contributed by atoms with van der Waals surface area (Å²) in [5.74, 6) is 1.55. The minimum atomic E-state index is -0.0898. The number of hydrogen-bond acceptors (Lipinski definition) is 7. The molecule has 0 radical (unpaired) electrons. The molecular weight excluding hydrogens is 356 g/mol. The fraction of sp³-hybridized carbons (Fsp3) is 0.400. The number of hydrogen-bond donors (Lipinski definition) is 1. The highest BCUT2D eigenvalue weighted by Crippen LogP contribution is 2.30. The number of morpholine rings is 1. The average Bonchev–Trinajstić information content (AvgIpc) is 3.55. The van der Waals surface area contributed by atoms with Crippen LogP contribution in [0.15, 0.2) is 35.5 Å². The van der Waals surface area contributed by atoms with Crippen molar-refractivity contribution < 1.29 is 4.74 Å². The predicted molar refractivity (Wildman–Crippen MR) is 108 cm³/mol. The Morgan fingerprint density at radius 1 is 1.18 bits per heavy atom. The van der Waals surface area contributed by atoms with Crippen molar-refractivity contribution >= 4 is 22.5 Å². The van der Waals surface area contributed by atoms with Gasteiger partial charge in [-0.25, -0.2) is 15.0 Å². The third-order valence-corrected chi connectivity index (χ3v) is 5.20. The van der Waals surface area contributed by atoms with Crippen LogP contribution in [0.3, 0.4) is 0 Å². The van der Waals surface area contributed by atoms with Crippen molar-refractivity contribution in [2.45, 2.75) is 18.9 Å². The van der Waals surface area contributed by atoms with E-state index in [0.29, 0.717) is 22.8 Å². The lowest BCUT2D eigenvalue weighted by atomic mass is 10.1. The molecular formula is C20H22N6O2. The fourth-order valence-corrected chi connectivity index (χ4v) is 3.41. The van der Waals surface area contributed by atoms with E-state index in [0.717, 1.165) is 56.2 Å². The van der Waals surface area contributed by atoms with Crippen LogP contribution in [0.1, 0.15) is 12.8 Å². The van der Waals surface area contributed by atoms with Crippen molar-refractivity contribution in [2.24, 2.45) is 7.05 Å². The van der Waals surface area contributed by atoms with E-state index >= 15 is 0 Å². The van der Waals surface area contributed by atoms with E-state index in [1.54, 1.807) is 13.4 Å². The van der Waals surface area contributed by atoms with E-state index in [9.17, 15) is 4.79 Å². The summed E-state index contributed by atoms with van der Waals surface area (Å²) in [6.45, 7) is 3.16. The van der Waals surface area contributed by atoms with Gasteiger partial charge in [0.25, 0.3) is 5.56 Å². The number of aryl methyl sites for hydroxylation is 1. The highest BCUT2D eigenvalue weighted by Gasteiger charge is 2.24. The van der Waals surface area contributed by atoms with Crippen LogP contribution in [-0.2, 0) is 11.8 Å². The first-order chi connectivity index (χ1) is 13.7. The van der Waals surface area contributed by atoms with Crippen LogP contribution < -0.4 is 15.8 Å². The molecule has 1 aliphatic carbocycles. The first kappa shape index (κ1) is 17.1. The van der Waals surface area contributed by atoms with Gasteiger partial charge in [-0.3, -0.25) is 4.79 Å². The number of ether oxygens (including phenoxy) is 1. The van der Waals surface area contributed by atoms with Crippen LogP contribution >= 0.6 is 0 Å². The predicted octanol–water partition coefficient (Wildman–Crippen LogP) is 1.80. The van der Waals surface area contributed by atoms with Crippen LogP contribution in [0.2, 0.25) is 0 Å². The molecule has 1 aliphatic heterocycles. The van der Waals surface area contributed by atoms with Crippen molar-refractivity contribution in [3.8, 4) is 11.3 Å². The smallest absolute Gasteiger partial charge is 0.264 e. The molecule has 5 rings (SSSR count). The maximum Gasteiger partial charge on any atom is 0.264 e. The number of pyridine rings is 2. The molecule has 28 heavy (non-hydrogen) atoms. The monoisotopic (exact) mass is 378 g/mol. The van der Waals surface area contributed by atoms with E-state index in [2.05, 4.69) is 20.2 Å². The van der Waals surface area contributed by atoms with E-state index < -0.39 is 0 Å².